The van der Waals surface area contributed by atoms with E-state index in [9.17, 15) is 4.79 Å². The lowest BCUT2D eigenvalue weighted by Gasteiger charge is -2.06. The minimum absolute atomic E-state index is 0.264. The van der Waals surface area contributed by atoms with Crippen molar-refractivity contribution in [3.8, 4) is 0 Å². The summed E-state index contributed by atoms with van der Waals surface area (Å²) < 4.78 is 5.17. The number of rotatable bonds is 5. The number of aromatic nitrogens is 1. The molecule has 1 aromatic carbocycles. The molecule has 0 N–H and O–H groups in total. The number of hydrogen-bond donors (Lipinski definition) is 0. The van der Waals surface area contributed by atoms with E-state index in [1.165, 1.54) is 0 Å². The highest BCUT2D eigenvalue weighted by Gasteiger charge is 2.12. The molecule has 0 fully saturated rings. The van der Waals surface area contributed by atoms with Crippen molar-refractivity contribution in [2.45, 2.75) is 26.2 Å². The Kier molecular flexibility index (Phi) is 4.74. The molecule has 0 radical (unpaired) electrons. The van der Waals surface area contributed by atoms with Gasteiger partial charge in [0.1, 0.15) is 5.15 Å². The molecule has 100 valence electrons. The molecule has 1 heterocycles. The minimum atomic E-state index is -0.413. The summed E-state index contributed by atoms with van der Waals surface area (Å²) in [5.41, 5.74) is 0.264. The number of pyridine rings is 1. The molecular weight excluding hydrogens is 262 g/mol. The third-order valence-corrected chi connectivity index (χ3v) is 3.17. The lowest BCUT2D eigenvalue weighted by Crippen LogP contribution is -2.08. The third kappa shape index (κ3) is 3.44. The quantitative estimate of drug-likeness (QED) is 0.466. The molecule has 0 saturated carbocycles. The van der Waals surface area contributed by atoms with Gasteiger partial charge in [-0.05, 0) is 17.9 Å². The number of nitrogens with zero attached hydrogens (tertiary/aromatic N) is 1. The Hall–Kier alpha value is -1.61. The summed E-state index contributed by atoms with van der Waals surface area (Å²) in [6.07, 6.45) is 3.03. The normalized spacial score (nSPS) is 10.6. The van der Waals surface area contributed by atoms with Crippen LogP contribution < -0.4 is 0 Å². The highest BCUT2D eigenvalue weighted by Crippen LogP contribution is 2.22. The fourth-order valence-corrected chi connectivity index (χ4v) is 2.11. The van der Waals surface area contributed by atoms with Gasteiger partial charge in [0.15, 0.2) is 5.69 Å². The standard InChI is InChI=1S/C15H16ClNO2/c1-2-3-6-9-19-15(18)13-10-11-7-4-5-8-12(11)14(16)17-13/h4-5,7-8,10H,2-3,6,9H2,1H3. The number of esters is 1. The van der Waals surface area contributed by atoms with Crippen LogP contribution in [0.4, 0.5) is 0 Å². The first-order valence-corrected chi connectivity index (χ1v) is 6.82. The maximum atomic E-state index is 11.9. The van der Waals surface area contributed by atoms with Crippen molar-refractivity contribution in [3.63, 3.8) is 0 Å². The van der Waals surface area contributed by atoms with E-state index in [1.54, 1.807) is 6.07 Å². The monoisotopic (exact) mass is 277 g/mol. The van der Waals surface area contributed by atoms with Crippen LogP contribution in [-0.4, -0.2) is 17.6 Å². The van der Waals surface area contributed by atoms with Gasteiger partial charge < -0.3 is 4.74 Å². The Labute approximate surface area is 117 Å². The Morgan fingerprint density at radius 3 is 2.89 bits per heavy atom. The molecule has 0 amide bonds. The van der Waals surface area contributed by atoms with Crippen molar-refractivity contribution in [1.82, 2.24) is 4.98 Å². The van der Waals surface area contributed by atoms with E-state index >= 15 is 0 Å². The Morgan fingerprint density at radius 1 is 1.32 bits per heavy atom. The van der Waals surface area contributed by atoms with E-state index in [-0.39, 0.29) is 5.69 Å². The lowest BCUT2D eigenvalue weighted by molar-refractivity contribution is 0.0491. The molecule has 3 nitrogen and oxygen atoms in total. The SMILES string of the molecule is CCCCCOC(=O)c1cc2ccccc2c(Cl)n1. The van der Waals surface area contributed by atoms with Crippen molar-refractivity contribution in [1.29, 1.82) is 0 Å². The lowest BCUT2D eigenvalue weighted by atomic mass is 10.1. The van der Waals surface area contributed by atoms with E-state index in [4.69, 9.17) is 16.3 Å². The highest BCUT2D eigenvalue weighted by atomic mass is 35.5. The molecule has 19 heavy (non-hydrogen) atoms. The van der Waals surface area contributed by atoms with Crippen LogP contribution in [0, 0.1) is 0 Å². The molecule has 2 rings (SSSR count). The topological polar surface area (TPSA) is 39.2 Å². The molecule has 0 aliphatic carbocycles. The number of hydrogen-bond acceptors (Lipinski definition) is 3. The molecule has 0 spiro atoms. The summed E-state index contributed by atoms with van der Waals surface area (Å²) in [4.78, 5) is 16.0. The van der Waals surface area contributed by atoms with Gasteiger partial charge in [-0.15, -0.1) is 0 Å². The average molecular weight is 278 g/mol. The predicted octanol–water partition coefficient (Wildman–Crippen LogP) is 4.24. The van der Waals surface area contributed by atoms with Gasteiger partial charge in [-0.3, -0.25) is 0 Å². The van der Waals surface area contributed by atoms with Gasteiger partial charge in [0, 0.05) is 5.39 Å². The van der Waals surface area contributed by atoms with E-state index in [0.29, 0.717) is 11.8 Å². The molecule has 0 aliphatic heterocycles. The van der Waals surface area contributed by atoms with Gasteiger partial charge >= 0.3 is 5.97 Å². The molecule has 0 bridgehead atoms. The number of unbranched alkanes of at least 4 members (excludes halogenated alkanes) is 2. The molecular formula is C15H16ClNO2. The molecule has 0 saturated heterocycles. The van der Waals surface area contributed by atoms with Crippen LogP contribution in [0.3, 0.4) is 0 Å². The van der Waals surface area contributed by atoms with Crippen molar-refractivity contribution < 1.29 is 9.53 Å². The number of halogens is 1. The smallest absolute Gasteiger partial charge is 0.357 e. The number of carbonyl (C=O) groups is 1. The molecule has 0 aliphatic rings. The summed E-state index contributed by atoms with van der Waals surface area (Å²) >= 11 is 6.07. The van der Waals surface area contributed by atoms with Gasteiger partial charge in [0.05, 0.1) is 6.61 Å². The summed E-state index contributed by atoms with van der Waals surface area (Å²) in [6.45, 7) is 2.53. The summed E-state index contributed by atoms with van der Waals surface area (Å²) in [5, 5.41) is 2.06. The maximum Gasteiger partial charge on any atom is 0.357 e. The zero-order chi connectivity index (χ0) is 13.7. The fraction of sp³-hybridized carbons (Fsp3) is 0.333. The average Bonchev–Trinajstić information content (AvgIpc) is 2.43. The third-order valence-electron chi connectivity index (χ3n) is 2.88. The molecule has 1 aromatic heterocycles. The maximum absolute atomic E-state index is 11.9. The Morgan fingerprint density at radius 2 is 2.11 bits per heavy atom. The first-order chi connectivity index (χ1) is 9.22. The van der Waals surface area contributed by atoms with Crippen LogP contribution in [-0.2, 0) is 4.74 Å². The van der Waals surface area contributed by atoms with Crippen molar-refractivity contribution in [3.05, 3.63) is 41.2 Å². The highest BCUT2D eigenvalue weighted by molar-refractivity contribution is 6.34. The van der Waals surface area contributed by atoms with Crippen molar-refractivity contribution >= 4 is 28.3 Å². The van der Waals surface area contributed by atoms with Gasteiger partial charge in [0.2, 0.25) is 0 Å². The van der Waals surface area contributed by atoms with Gasteiger partial charge in [-0.2, -0.15) is 0 Å². The first-order valence-electron chi connectivity index (χ1n) is 6.44. The molecule has 2 aromatic rings. The number of ether oxygens (including phenoxy) is 1. The number of fused-ring (bicyclic) bond motifs is 1. The van der Waals surface area contributed by atoms with Crippen LogP contribution in [0.15, 0.2) is 30.3 Å². The van der Waals surface area contributed by atoms with Crippen LogP contribution in [0.1, 0.15) is 36.7 Å². The predicted molar refractivity (Wildman–Crippen MR) is 76.6 cm³/mol. The number of benzene rings is 1. The summed E-state index contributed by atoms with van der Waals surface area (Å²) in [7, 11) is 0. The second-order valence-electron chi connectivity index (χ2n) is 4.36. The van der Waals surface area contributed by atoms with E-state index < -0.39 is 5.97 Å². The van der Waals surface area contributed by atoms with Crippen molar-refractivity contribution in [2.24, 2.45) is 0 Å². The largest absolute Gasteiger partial charge is 0.461 e. The summed E-state index contributed by atoms with van der Waals surface area (Å²) in [5.74, 6) is -0.413. The van der Waals surface area contributed by atoms with Crippen LogP contribution in [0.2, 0.25) is 5.15 Å². The van der Waals surface area contributed by atoms with E-state index in [0.717, 1.165) is 30.0 Å². The van der Waals surface area contributed by atoms with Crippen LogP contribution >= 0.6 is 11.6 Å². The Bertz CT molecular complexity index is 583. The molecule has 4 heteroatoms. The minimum Gasteiger partial charge on any atom is -0.461 e. The van der Waals surface area contributed by atoms with Crippen LogP contribution in [0.5, 0.6) is 0 Å². The zero-order valence-electron chi connectivity index (χ0n) is 10.9. The van der Waals surface area contributed by atoms with Gasteiger partial charge in [-0.1, -0.05) is 55.6 Å². The molecule has 0 atom stereocenters. The van der Waals surface area contributed by atoms with Crippen LogP contribution in [0.25, 0.3) is 10.8 Å². The molecule has 0 unspecified atom stereocenters. The van der Waals surface area contributed by atoms with Gasteiger partial charge in [0.25, 0.3) is 0 Å². The summed E-state index contributed by atoms with van der Waals surface area (Å²) in [6, 6.07) is 9.27. The van der Waals surface area contributed by atoms with Crippen molar-refractivity contribution in [2.75, 3.05) is 6.61 Å². The van der Waals surface area contributed by atoms with E-state index in [1.807, 2.05) is 24.3 Å². The van der Waals surface area contributed by atoms with E-state index in [2.05, 4.69) is 11.9 Å². The first kappa shape index (κ1) is 13.8. The second-order valence-corrected chi connectivity index (χ2v) is 4.72. The zero-order valence-corrected chi connectivity index (χ0v) is 11.6. The number of carbonyl (C=O) groups excluding carboxylic acids is 1. The second kappa shape index (κ2) is 6.53. The van der Waals surface area contributed by atoms with Gasteiger partial charge in [-0.25, -0.2) is 9.78 Å². The Balaban J connectivity index is 2.14. The fourth-order valence-electron chi connectivity index (χ4n) is 1.85.